The third-order valence-electron chi connectivity index (χ3n) is 3.19. The molecule has 1 aromatic carbocycles. The predicted molar refractivity (Wildman–Crippen MR) is 76.2 cm³/mol. The largest absolute Gasteiger partial charge is 0.444 e. The van der Waals surface area contributed by atoms with Crippen LogP contribution < -0.4 is 10.6 Å². The van der Waals surface area contributed by atoms with Gasteiger partial charge < -0.3 is 15.1 Å². The summed E-state index contributed by atoms with van der Waals surface area (Å²) in [6.07, 6.45) is 0.924. The molecule has 0 aliphatic carbocycles. The van der Waals surface area contributed by atoms with Crippen molar-refractivity contribution in [3.05, 3.63) is 51.9 Å². The molecule has 0 saturated carbocycles. The molecule has 1 aliphatic heterocycles. The molecule has 0 fully saturated rings. The van der Waals surface area contributed by atoms with Crippen molar-refractivity contribution in [1.29, 1.82) is 0 Å². The number of benzene rings is 1. The molecule has 2 aromatic rings. The minimum Gasteiger partial charge on any atom is -0.444 e. The van der Waals surface area contributed by atoms with E-state index in [1.807, 2.05) is 12.1 Å². The number of carbonyl (C=O) groups is 1. The first-order chi connectivity index (χ1) is 9.24. The van der Waals surface area contributed by atoms with E-state index < -0.39 is 0 Å². The van der Waals surface area contributed by atoms with Crippen molar-refractivity contribution in [2.75, 3.05) is 11.9 Å². The molecule has 0 spiro atoms. The summed E-state index contributed by atoms with van der Waals surface area (Å²) in [5, 5.41) is 6.24. The van der Waals surface area contributed by atoms with Gasteiger partial charge in [-0.1, -0.05) is 12.1 Å². The van der Waals surface area contributed by atoms with Crippen LogP contribution >= 0.6 is 15.9 Å². The second kappa shape index (κ2) is 5.19. The lowest BCUT2D eigenvalue weighted by Crippen LogP contribution is -2.25. The number of amides is 1. The SMILES string of the molecule is O=C(Nc1cccc2c1CCNC2)c1ccc(Br)o1. The van der Waals surface area contributed by atoms with E-state index in [4.69, 9.17) is 4.42 Å². The van der Waals surface area contributed by atoms with Gasteiger partial charge in [-0.2, -0.15) is 0 Å². The van der Waals surface area contributed by atoms with E-state index in [1.165, 1.54) is 11.1 Å². The minimum atomic E-state index is -0.224. The number of halogens is 1. The van der Waals surface area contributed by atoms with Gasteiger partial charge in [-0.3, -0.25) is 4.79 Å². The molecule has 98 valence electrons. The van der Waals surface area contributed by atoms with Crippen molar-refractivity contribution in [3.63, 3.8) is 0 Å². The van der Waals surface area contributed by atoms with Crippen LogP contribution in [0, 0.1) is 0 Å². The van der Waals surface area contributed by atoms with Crippen LogP contribution in [0.3, 0.4) is 0 Å². The highest BCUT2D eigenvalue weighted by Gasteiger charge is 2.16. The summed E-state index contributed by atoms with van der Waals surface area (Å²) in [7, 11) is 0. The van der Waals surface area contributed by atoms with Crippen LogP contribution in [0.5, 0.6) is 0 Å². The zero-order valence-electron chi connectivity index (χ0n) is 10.2. The Morgan fingerprint density at radius 1 is 1.32 bits per heavy atom. The Hall–Kier alpha value is -1.59. The topological polar surface area (TPSA) is 54.3 Å². The quantitative estimate of drug-likeness (QED) is 0.894. The molecule has 0 bridgehead atoms. The molecule has 5 heteroatoms. The summed E-state index contributed by atoms with van der Waals surface area (Å²) in [5.74, 6) is 0.0797. The highest BCUT2D eigenvalue weighted by Crippen LogP contribution is 2.24. The molecular weight excluding hydrogens is 308 g/mol. The molecule has 0 unspecified atom stereocenters. The summed E-state index contributed by atoms with van der Waals surface area (Å²) in [6.45, 7) is 1.79. The first-order valence-corrected chi connectivity index (χ1v) is 6.91. The second-order valence-corrected chi connectivity index (χ2v) is 5.21. The van der Waals surface area contributed by atoms with E-state index in [1.54, 1.807) is 12.1 Å². The van der Waals surface area contributed by atoms with Crippen molar-refractivity contribution in [1.82, 2.24) is 5.32 Å². The third kappa shape index (κ3) is 2.57. The fourth-order valence-corrected chi connectivity index (χ4v) is 2.58. The molecule has 3 rings (SSSR count). The molecule has 0 radical (unpaired) electrons. The summed E-state index contributed by atoms with van der Waals surface area (Å²) in [6, 6.07) is 9.33. The maximum atomic E-state index is 12.1. The maximum absolute atomic E-state index is 12.1. The second-order valence-electron chi connectivity index (χ2n) is 4.43. The Kier molecular flexibility index (Phi) is 3.40. The molecule has 1 amide bonds. The Balaban J connectivity index is 1.85. The van der Waals surface area contributed by atoms with Gasteiger partial charge >= 0.3 is 0 Å². The van der Waals surface area contributed by atoms with E-state index in [0.717, 1.165) is 25.2 Å². The van der Waals surface area contributed by atoms with Gasteiger partial charge in [0.25, 0.3) is 5.91 Å². The maximum Gasteiger partial charge on any atom is 0.291 e. The average molecular weight is 321 g/mol. The van der Waals surface area contributed by atoms with E-state index >= 15 is 0 Å². The van der Waals surface area contributed by atoms with Crippen LogP contribution in [-0.4, -0.2) is 12.5 Å². The first-order valence-electron chi connectivity index (χ1n) is 6.12. The standard InChI is InChI=1S/C14H13BrN2O2/c15-13-5-4-12(19-13)14(18)17-11-3-1-2-9-8-16-7-6-10(9)11/h1-5,16H,6-8H2,(H,17,18). The van der Waals surface area contributed by atoms with Crippen LogP contribution in [0.2, 0.25) is 0 Å². The van der Waals surface area contributed by atoms with Gasteiger partial charge in [0.05, 0.1) is 0 Å². The van der Waals surface area contributed by atoms with E-state index in [2.05, 4.69) is 32.6 Å². The lowest BCUT2D eigenvalue weighted by molar-refractivity contribution is 0.0995. The van der Waals surface area contributed by atoms with Gasteiger partial charge in [0.1, 0.15) is 0 Å². The number of carbonyl (C=O) groups excluding carboxylic acids is 1. The number of nitrogens with one attached hydrogen (secondary N) is 2. The van der Waals surface area contributed by atoms with Crippen molar-refractivity contribution in [3.8, 4) is 0 Å². The third-order valence-corrected chi connectivity index (χ3v) is 3.61. The number of rotatable bonds is 2. The molecule has 2 heterocycles. The number of furan rings is 1. The molecule has 4 nitrogen and oxygen atoms in total. The monoisotopic (exact) mass is 320 g/mol. The minimum absolute atomic E-state index is 0.224. The molecule has 1 aliphatic rings. The van der Waals surface area contributed by atoms with Gasteiger partial charge in [-0.05, 0) is 58.2 Å². The van der Waals surface area contributed by atoms with Gasteiger partial charge in [-0.25, -0.2) is 0 Å². The van der Waals surface area contributed by atoms with Crippen LogP contribution in [-0.2, 0) is 13.0 Å². The summed E-state index contributed by atoms with van der Waals surface area (Å²) >= 11 is 3.19. The number of hydrogen-bond donors (Lipinski definition) is 2. The van der Waals surface area contributed by atoms with Crippen molar-refractivity contribution >= 4 is 27.5 Å². The number of anilines is 1. The van der Waals surface area contributed by atoms with Gasteiger partial charge in [0.15, 0.2) is 10.4 Å². The fraction of sp³-hybridized carbons (Fsp3) is 0.214. The molecule has 0 atom stereocenters. The summed E-state index contributed by atoms with van der Waals surface area (Å²) < 4.78 is 5.81. The van der Waals surface area contributed by atoms with Crippen LogP contribution in [0.15, 0.2) is 39.4 Å². The summed E-state index contributed by atoms with van der Waals surface area (Å²) in [5.41, 5.74) is 3.32. The van der Waals surface area contributed by atoms with Crippen LogP contribution in [0.1, 0.15) is 21.7 Å². The Bertz CT molecular complexity index is 622. The van der Waals surface area contributed by atoms with Gasteiger partial charge in [-0.15, -0.1) is 0 Å². The highest BCUT2D eigenvalue weighted by atomic mass is 79.9. The van der Waals surface area contributed by atoms with E-state index in [9.17, 15) is 4.79 Å². The normalized spacial score (nSPS) is 13.9. The van der Waals surface area contributed by atoms with E-state index in [-0.39, 0.29) is 5.91 Å². The first kappa shape index (κ1) is 12.4. The van der Waals surface area contributed by atoms with Crippen molar-refractivity contribution < 1.29 is 9.21 Å². The zero-order valence-corrected chi connectivity index (χ0v) is 11.8. The Morgan fingerprint density at radius 2 is 2.21 bits per heavy atom. The highest BCUT2D eigenvalue weighted by molar-refractivity contribution is 9.10. The van der Waals surface area contributed by atoms with Crippen LogP contribution in [0.25, 0.3) is 0 Å². The molecular formula is C14H13BrN2O2. The fourth-order valence-electron chi connectivity index (χ4n) is 2.27. The molecule has 2 N–H and O–H groups in total. The zero-order chi connectivity index (χ0) is 13.2. The Morgan fingerprint density at radius 3 is 3.00 bits per heavy atom. The van der Waals surface area contributed by atoms with Crippen molar-refractivity contribution in [2.45, 2.75) is 13.0 Å². The van der Waals surface area contributed by atoms with Gasteiger partial charge in [0, 0.05) is 12.2 Å². The molecule has 1 aromatic heterocycles. The van der Waals surface area contributed by atoms with E-state index in [0.29, 0.717) is 10.4 Å². The number of hydrogen-bond acceptors (Lipinski definition) is 3. The number of fused-ring (bicyclic) bond motifs is 1. The lowest BCUT2D eigenvalue weighted by atomic mass is 9.99. The van der Waals surface area contributed by atoms with Crippen LogP contribution in [0.4, 0.5) is 5.69 Å². The van der Waals surface area contributed by atoms with Gasteiger partial charge in [0.2, 0.25) is 0 Å². The average Bonchev–Trinajstić information content (AvgIpc) is 2.86. The molecule has 0 saturated heterocycles. The predicted octanol–water partition coefficient (Wildman–Crippen LogP) is 2.94. The lowest BCUT2D eigenvalue weighted by Gasteiger charge is -2.20. The van der Waals surface area contributed by atoms with Crippen molar-refractivity contribution in [2.24, 2.45) is 0 Å². The molecule has 19 heavy (non-hydrogen) atoms. The smallest absolute Gasteiger partial charge is 0.291 e. The summed E-state index contributed by atoms with van der Waals surface area (Å²) in [4.78, 5) is 12.1. The Labute approximate surface area is 119 Å².